The molecule has 0 fully saturated rings. The Morgan fingerprint density at radius 2 is 1.00 bits per heavy atom. The Balaban J connectivity index is 1.09. The lowest BCUT2D eigenvalue weighted by molar-refractivity contribution is 0.655. The van der Waals surface area contributed by atoms with Crippen LogP contribution in [0.5, 0.6) is 0 Å². The minimum absolute atomic E-state index is 0.168. The Bertz CT molecular complexity index is 3500. The molecule has 3 aliphatic rings. The zero-order valence-corrected chi connectivity index (χ0v) is 37.1. The van der Waals surface area contributed by atoms with E-state index in [4.69, 9.17) is 0 Å². The van der Waals surface area contributed by atoms with E-state index in [0.29, 0.717) is 0 Å². The van der Waals surface area contributed by atoms with Gasteiger partial charge in [0.15, 0.2) is 0 Å². The van der Waals surface area contributed by atoms with Gasteiger partial charge in [0.2, 0.25) is 0 Å². The van der Waals surface area contributed by atoms with Gasteiger partial charge in [-0.3, -0.25) is 0 Å². The van der Waals surface area contributed by atoms with E-state index >= 15 is 0 Å². The minimum Gasteiger partial charge on any atom is -0.310 e. The molecule has 2 nitrogen and oxygen atoms in total. The Hall–Kier alpha value is -6.28. The molecular weight excluding hydrogens is 829 g/mol. The number of benzene rings is 6. The highest BCUT2D eigenvalue weighted by Crippen LogP contribution is 2.69. The van der Waals surface area contributed by atoms with E-state index in [1.807, 2.05) is 45.3 Å². The molecule has 0 saturated carbocycles. The van der Waals surface area contributed by atoms with Gasteiger partial charge in [-0.25, -0.2) is 0 Å². The highest BCUT2D eigenvalue weighted by molar-refractivity contribution is 7.28. The number of hydrogen-bond donors (Lipinski definition) is 0. The molecule has 6 heteroatoms. The van der Waals surface area contributed by atoms with Crippen LogP contribution < -0.4 is 4.90 Å². The number of hydrogen-bond acceptors (Lipinski definition) is 5. The first-order valence-corrected chi connectivity index (χ1v) is 24.5. The van der Waals surface area contributed by atoms with E-state index < -0.39 is 5.41 Å². The van der Waals surface area contributed by atoms with Crippen molar-refractivity contribution >= 4 is 84.2 Å². The predicted molar refractivity (Wildman–Crippen MR) is 266 cm³/mol. The predicted octanol–water partition coefficient (Wildman–Crippen LogP) is 16.8. The smallest absolute Gasteiger partial charge is 0.0771 e. The van der Waals surface area contributed by atoms with Crippen molar-refractivity contribution in [1.29, 1.82) is 0 Å². The van der Waals surface area contributed by atoms with Crippen LogP contribution in [0.15, 0.2) is 181 Å². The van der Waals surface area contributed by atoms with Crippen LogP contribution in [-0.4, -0.2) is 4.57 Å². The first kappa shape index (κ1) is 35.3. The number of nitrogens with zero attached hydrogens (tertiary/aromatic N) is 2. The molecular formula is C56H36N2S4. The van der Waals surface area contributed by atoms with E-state index in [-0.39, 0.29) is 5.41 Å². The van der Waals surface area contributed by atoms with Crippen molar-refractivity contribution in [3.8, 4) is 46.1 Å². The van der Waals surface area contributed by atoms with Gasteiger partial charge in [-0.05, 0) is 122 Å². The molecule has 2 aliphatic carbocycles. The van der Waals surface area contributed by atoms with Gasteiger partial charge in [-0.2, -0.15) is 0 Å². The minimum atomic E-state index is -0.532. The molecule has 1 aliphatic heterocycles. The van der Waals surface area contributed by atoms with E-state index in [1.54, 1.807) is 0 Å². The van der Waals surface area contributed by atoms with Gasteiger partial charge < -0.3 is 9.47 Å². The summed E-state index contributed by atoms with van der Waals surface area (Å²) in [5.41, 5.74) is 17.4. The Kier molecular flexibility index (Phi) is 7.21. The fourth-order valence-corrected chi connectivity index (χ4v) is 15.5. The number of rotatable bonds is 4. The molecule has 1 spiro atoms. The van der Waals surface area contributed by atoms with Crippen LogP contribution in [0.2, 0.25) is 0 Å². The maximum absolute atomic E-state index is 2.63. The van der Waals surface area contributed by atoms with Crippen molar-refractivity contribution in [2.24, 2.45) is 0 Å². The van der Waals surface area contributed by atoms with Gasteiger partial charge in [0.25, 0.3) is 0 Å². The van der Waals surface area contributed by atoms with Crippen LogP contribution in [0.3, 0.4) is 0 Å². The first-order chi connectivity index (χ1) is 30.5. The molecule has 294 valence electrons. The Morgan fingerprint density at radius 1 is 0.403 bits per heavy atom. The molecule has 0 N–H and O–H groups in total. The zero-order valence-electron chi connectivity index (χ0n) is 33.8. The number of para-hydroxylation sites is 3. The summed E-state index contributed by atoms with van der Waals surface area (Å²) in [6.45, 7) is 4.84. The number of fused-ring (bicyclic) bond motifs is 15. The maximum atomic E-state index is 2.63. The normalized spacial score (nSPS) is 14.8. The van der Waals surface area contributed by atoms with Crippen molar-refractivity contribution < 1.29 is 0 Å². The molecule has 0 atom stereocenters. The number of anilines is 3. The molecule has 62 heavy (non-hydrogen) atoms. The lowest BCUT2D eigenvalue weighted by atomic mass is 9.64. The highest BCUT2D eigenvalue weighted by Gasteiger charge is 2.55. The molecule has 6 aromatic carbocycles. The highest BCUT2D eigenvalue weighted by atomic mass is 32.1. The third-order valence-corrected chi connectivity index (χ3v) is 18.4. The summed E-state index contributed by atoms with van der Waals surface area (Å²) in [6, 6.07) is 64.5. The van der Waals surface area contributed by atoms with Crippen molar-refractivity contribution in [1.82, 2.24) is 4.57 Å². The van der Waals surface area contributed by atoms with Crippen molar-refractivity contribution in [2.75, 3.05) is 4.90 Å². The molecule has 6 heterocycles. The largest absolute Gasteiger partial charge is 0.310 e. The van der Waals surface area contributed by atoms with Crippen LogP contribution in [0.1, 0.15) is 47.2 Å². The van der Waals surface area contributed by atoms with Crippen LogP contribution in [0.25, 0.3) is 67.9 Å². The fraction of sp³-hybridized carbons (Fsp3) is 0.0714. The SMILES string of the molecule is CC1(C)c2ccccc2-c2cc3c(cc21)C1(c2ccccc2N3c2cccc(-n3c4ccccc4c4ccccc43)c2)c2cc(-c3cccs3)sc2-c2sc(-c3cccs3)cc21. The standard InChI is InChI=1S/C56H36N2S4/c1-55(2)39-19-6-3-16-35(39)38-29-48-42(30-41(38)55)56(43-31-51(49-24-12-26-59-49)61-53(43)54-44(56)32-52(62-54)50-25-13-27-60-50)40-20-7-10-23-47(40)58(48)34-15-11-14-33(28-34)57-45-21-8-4-17-36(45)37-18-5-9-22-46(37)57/h3-32H,1-2H3. The second-order valence-corrected chi connectivity index (χ2v) is 21.2. The molecule has 0 saturated heterocycles. The molecule has 11 aromatic rings. The Morgan fingerprint density at radius 3 is 1.66 bits per heavy atom. The number of aromatic nitrogens is 1. The van der Waals surface area contributed by atoms with Gasteiger partial charge in [0.05, 0.1) is 37.6 Å². The second kappa shape index (κ2) is 12.7. The lowest BCUT2D eigenvalue weighted by Gasteiger charge is -2.45. The van der Waals surface area contributed by atoms with Crippen molar-refractivity contribution in [2.45, 2.75) is 24.7 Å². The van der Waals surface area contributed by atoms with Crippen LogP contribution in [0, 0.1) is 0 Å². The van der Waals surface area contributed by atoms with Gasteiger partial charge in [0, 0.05) is 47.1 Å². The van der Waals surface area contributed by atoms with E-state index in [2.05, 4.69) is 204 Å². The van der Waals surface area contributed by atoms with Crippen molar-refractivity contribution in [3.05, 3.63) is 214 Å². The van der Waals surface area contributed by atoms with Gasteiger partial charge in [-0.1, -0.05) is 117 Å². The molecule has 0 bridgehead atoms. The summed E-state index contributed by atoms with van der Waals surface area (Å²) in [4.78, 5) is 10.7. The van der Waals surface area contributed by atoms with Gasteiger partial charge in [0.1, 0.15) is 0 Å². The summed E-state index contributed by atoms with van der Waals surface area (Å²) in [6.07, 6.45) is 0. The topological polar surface area (TPSA) is 8.17 Å². The average molecular weight is 865 g/mol. The van der Waals surface area contributed by atoms with Crippen LogP contribution in [0.4, 0.5) is 17.1 Å². The average Bonchev–Trinajstić information content (AvgIpc) is 4.18. The maximum Gasteiger partial charge on any atom is 0.0771 e. The van der Waals surface area contributed by atoms with Gasteiger partial charge >= 0.3 is 0 Å². The quantitative estimate of drug-likeness (QED) is 0.171. The van der Waals surface area contributed by atoms with E-state index in [0.717, 1.165) is 11.4 Å². The zero-order chi connectivity index (χ0) is 40.9. The van der Waals surface area contributed by atoms with Crippen LogP contribution in [-0.2, 0) is 10.8 Å². The van der Waals surface area contributed by atoms with E-state index in [1.165, 1.54) is 107 Å². The molecule has 0 amide bonds. The summed E-state index contributed by atoms with van der Waals surface area (Å²) >= 11 is 7.62. The fourth-order valence-electron chi connectivity index (χ4n) is 11.2. The number of thiophene rings is 4. The van der Waals surface area contributed by atoms with E-state index in [9.17, 15) is 0 Å². The first-order valence-electron chi connectivity index (χ1n) is 21.1. The molecule has 0 radical (unpaired) electrons. The van der Waals surface area contributed by atoms with Crippen molar-refractivity contribution in [3.63, 3.8) is 0 Å². The van der Waals surface area contributed by atoms with Gasteiger partial charge in [-0.15, -0.1) is 45.3 Å². The summed E-state index contributed by atoms with van der Waals surface area (Å²) in [5.74, 6) is 0. The summed E-state index contributed by atoms with van der Waals surface area (Å²) in [5, 5.41) is 6.95. The Labute approximate surface area is 375 Å². The third-order valence-electron chi connectivity index (χ3n) is 13.8. The van der Waals surface area contributed by atoms with Crippen LogP contribution >= 0.6 is 45.3 Å². The lowest BCUT2D eigenvalue weighted by Crippen LogP contribution is -2.36. The third kappa shape index (κ3) is 4.52. The summed E-state index contributed by atoms with van der Waals surface area (Å²) < 4.78 is 2.44. The molecule has 5 aromatic heterocycles. The second-order valence-electron chi connectivity index (χ2n) is 17.2. The monoisotopic (exact) mass is 864 g/mol. The molecule has 14 rings (SSSR count). The molecule has 0 unspecified atom stereocenters. The summed E-state index contributed by atoms with van der Waals surface area (Å²) in [7, 11) is 0.